The molecule has 0 N–H and O–H groups in total. The average molecular weight is 261 g/mol. The third-order valence-electron chi connectivity index (χ3n) is 4.10. The van der Waals surface area contributed by atoms with Crippen LogP contribution in [-0.4, -0.2) is 0 Å². The largest absolute Gasteiger partial charge is 0.0654 e. The van der Waals surface area contributed by atoms with Crippen molar-refractivity contribution in [1.82, 2.24) is 0 Å². The van der Waals surface area contributed by atoms with Gasteiger partial charge in [0.25, 0.3) is 0 Å². The number of aryl methyl sites for hydroxylation is 1. The zero-order chi connectivity index (χ0) is 13.8. The summed E-state index contributed by atoms with van der Waals surface area (Å²) in [6, 6.07) is 20.6. The highest BCUT2D eigenvalue weighted by atomic mass is 14.1. The Morgan fingerprint density at radius 2 is 1.75 bits per heavy atom. The smallest absolute Gasteiger partial charge is 0.0145 e. The van der Waals surface area contributed by atoms with Crippen LogP contribution in [0.3, 0.4) is 0 Å². The Labute approximate surface area is 121 Å². The van der Waals surface area contributed by atoms with Gasteiger partial charge in [-0.3, -0.25) is 0 Å². The Kier molecular flexibility index (Phi) is 4.01. The molecule has 3 aromatic rings. The molecule has 0 amide bonds. The van der Waals surface area contributed by atoms with E-state index in [-0.39, 0.29) is 0 Å². The molecule has 0 aliphatic heterocycles. The Morgan fingerprint density at radius 3 is 2.65 bits per heavy atom. The van der Waals surface area contributed by atoms with Crippen molar-refractivity contribution in [3.05, 3.63) is 60.2 Å². The van der Waals surface area contributed by atoms with E-state index in [4.69, 9.17) is 0 Å². The fourth-order valence-corrected chi connectivity index (χ4v) is 3.05. The molecule has 0 saturated carbocycles. The molecular formula is C20H21. The monoisotopic (exact) mass is 261 g/mol. The molecule has 0 aliphatic carbocycles. The van der Waals surface area contributed by atoms with Gasteiger partial charge in [-0.25, -0.2) is 0 Å². The highest BCUT2D eigenvalue weighted by Gasteiger charge is 2.06. The van der Waals surface area contributed by atoms with Gasteiger partial charge in [-0.2, -0.15) is 0 Å². The Hall–Kier alpha value is -1.82. The summed E-state index contributed by atoms with van der Waals surface area (Å²) in [5.74, 6) is 0. The maximum absolute atomic E-state index is 3.20. The van der Waals surface area contributed by atoms with Gasteiger partial charge in [-0.05, 0) is 58.1 Å². The van der Waals surface area contributed by atoms with E-state index in [0.717, 1.165) is 0 Å². The van der Waals surface area contributed by atoms with E-state index in [1.807, 2.05) is 6.07 Å². The SMILES string of the molecule is CCCCCCc1c2cc[c]cc2cc2ccccc12. The second-order valence-corrected chi connectivity index (χ2v) is 5.53. The first-order valence-corrected chi connectivity index (χ1v) is 7.70. The van der Waals surface area contributed by atoms with Crippen LogP contribution in [0.5, 0.6) is 0 Å². The lowest BCUT2D eigenvalue weighted by atomic mass is 9.93. The molecule has 0 heterocycles. The Balaban J connectivity index is 2.08. The number of fused-ring (bicyclic) bond motifs is 2. The summed E-state index contributed by atoms with van der Waals surface area (Å²) >= 11 is 0. The van der Waals surface area contributed by atoms with Crippen molar-refractivity contribution in [2.75, 3.05) is 0 Å². The van der Waals surface area contributed by atoms with Crippen LogP contribution >= 0.6 is 0 Å². The van der Waals surface area contributed by atoms with Gasteiger partial charge in [0.15, 0.2) is 0 Å². The molecule has 0 nitrogen and oxygen atoms in total. The summed E-state index contributed by atoms with van der Waals surface area (Å²) < 4.78 is 0. The van der Waals surface area contributed by atoms with E-state index in [0.29, 0.717) is 0 Å². The van der Waals surface area contributed by atoms with Gasteiger partial charge in [-0.1, -0.05) is 62.6 Å². The van der Waals surface area contributed by atoms with Crippen molar-refractivity contribution in [2.24, 2.45) is 0 Å². The summed E-state index contributed by atoms with van der Waals surface area (Å²) in [4.78, 5) is 0. The molecule has 0 spiro atoms. The van der Waals surface area contributed by atoms with Crippen molar-refractivity contribution in [3.8, 4) is 0 Å². The van der Waals surface area contributed by atoms with Crippen molar-refractivity contribution in [1.29, 1.82) is 0 Å². The van der Waals surface area contributed by atoms with Crippen LogP contribution in [0.4, 0.5) is 0 Å². The minimum absolute atomic E-state index is 1.18. The predicted molar refractivity (Wildman–Crippen MR) is 88.1 cm³/mol. The van der Waals surface area contributed by atoms with Gasteiger partial charge in [0.2, 0.25) is 0 Å². The van der Waals surface area contributed by atoms with Gasteiger partial charge in [0.1, 0.15) is 0 Å². The highest BCUT2D eigenvalue weighted by Crippen LogP contribution is 2.29. The molecule has 0 saturated heterocycles. The van der Waals surface area contributed by atoms with E-state index in [2.05, 4.69) is 55.5 Å². The maximum atomic E-state index is 3.20. The highest BCUT2D eigenvalue weighted by molar-refractivity contribution is 6.02. The van der Waals surface area contributed by atoms with E-state index in [1.165, 1.54) is 59.2 Å². The molecule has 0 aromatic heterocycles. The summed E-state index contributed by atoms with van der Waals surface area (Å²) in [5, 5.41) is 5.49. The number of hydrogen-bond donors (Lipinski definition) is 0. The fourth-order valence-electron chi connectivity index (χ4n) is 3.05. The van der Waals surface area contributed by atoms with Crippen LogP contribution in [0.15, 0.2) is 48.5 Å². The Morgan fingerprint density at radius 1 is 0.900 bits per heavy atom. The third kappa shape index (κ3) is 2.56. The van der Waals surface area contributed by atoms with Crippen LogP contribution < -0.4 is 0 Å². The molecule has 0 atom stereocenters. The second kappa shape index (κ2) is 6.09. The second-order valence-electron chi connectivity index (χ2n) is 5.53. The van der Waals surface area contributed by atoms with Crippen molar-refractivity contribution >= 4 is 21.5 Å². The fraction of sp³-hybridized carbons (Fsp3) is 0.300. The van der Waals surface area contributed by atoms with E-state index >= 15 is 0 Å². The van der Waals surface area contributed by atoms with Gasteiger partial charge in [0.05, 0.1) is 0 Å². The molecule has 0 aliphatic rings. The van der Waals surface area contributed by atoms with E-state index in [1.54, 1.807) is 0 Å². The summed E-state index contributed by atoms with van der Waals surface area (Å²) in [6.45, 7) is 2.27. The molecule has 0 heteroatoms. The topological polar surface area (TPSA) is 0 Å². The van der Waals surface area contributed by atoms with Gasteiger partial charge in [-0.15, -0.1) is 0 Å². The van der Waals surface area contributed by atoms with Crippen LogP contribution in [0.1, 0.15) is 38.2 Å². The summed E-state index contributed by atoms with van der Waals surface area (Å²) in [5.41, 5.74) is 1.52. The lowest BCUT2D eigenvalue weighted by Crippen LogP contribution is -1.91. The maximum Gasteiger partial charge on any atom is -0.0145 e. The molecule has 101 valence electrons. The molecule has 3 rings (SSSR count). The minimum Gasteiger partial charge on any atom is -0.0654 e. The Bertz CT molecular complexity index is 655. The van der Waals surface area contributed by atoms with Crippen molar-refractivity contribution in [2.45, 2.75) is 39.0 Å². The summed E-state index contributed by atoms with van der Waals surface area (Å²) in [7, 11) is 0. The van der Waals surface area contributed by atoms with Crippen LogP contribution in [-0.2, 0) is 6.42 Å². The van der Waals surface area contributed by atoms with Crippen molar-refractivity contribution < 1.29 is 0 Å². The van der Waals surface area contributed by atoms with E-state index < -0.39 is 0 Å². The quantitative estimate of drug-likeness (QED) is 0.395. The number of rotatable bonds is 5. The molecule has 1 radical (unpaired) electrons. The number of unbranched alkanes of at least 4 members (excludes halogenated alkanes) is 3. The molecule has 0 bridgehead atoms. The van der Waals surface area contributed by atoms with Gasteiger partial charge >= 0.3 is 0 Å². The van der Waals surface area contributed by atoms with E-state index in [9.17, 15) is 0 Å². The first kappa shape index (κ1) is 13.2. The van der Waals surface area contributed by atoms with Crippen LogP contribution in [0.25, 0.3) is 21.5 Å². The van der Waals surface area contributed by atoms with Gasteiger partial charge in [0, 0.05) is 0 Å². The minimum atomic E-state index is 1.18. The first-order valence-electron chi connectivity index (χ1n) is 7.70. The summed E-state index contributed by atoms with van der Waals surface area (Å²) in [6.07, 6.45) is 6.44. The molecular weight excluding hydrogens is 240 g/mol. The van der Waals surface area contributed by atoms with Gasteiger partial charge < -0.3 is 0 Å². The normalized spacial score (nSPS) is 11.2. The molecule has 0 fully saturated rings. The molecule has 20 heavy (non-hydrogen) atoms. The number of hydrogen-bond acceptors (Lipinski definition) is 0. The zero-order valence-corrected chi connectivity index (χ0v) is 12.2. The zero-order valence-electron chi connectivity index (χ0n) is 12.2. The average Bonchev–Trinajstić information content (AvgIpc) is 2.50. The molecule has 0 unspecified atom stereocenters. The lowest BCUT2D eigenvalue weighted by Gasteiger charge is -2.11. The molecule has 3 aromatic carbocycles. The number of benzene rings is 3. The first-order chi connectivity index (χ1) is 9.90. The standard InChI is InChI=1S/C20H21/c1-2-3-4-5-14-20-18-12-8-6-10-16(18)15-17-11-7-9-13-19(17)20/h6,8-13,15H,2-5,14H2,1H3. The third-order valence-corrected chi connectivity index (χ3v) is 4.10. The van der Waals surface area contributed by atoms with Crippen LogP contribution in [0.2, 0.25) is 0 Å². The van der Waals surface area contributed by atoms with Crippen LogP contribution in [0, 0.1) is 6.07 Å². The van der Waals surface area contributed by atoms with Crippen molar-refractivity contribution in [3.63, 3.8) is 0 Å². The lowest BCUT2D eigenvalue weighted by molar-refractivity contribution is 0.669. The predicted octanol–water partition coefficient (Wildman–Crippen LogP) is 5.92.